The van der Waals surface area contributed by atoms with E-state index < -0.39 is 71.2 Å². The fourth-order valence-corrected chi connectivity index (χ4v) is 7.34. The molecule has 6 atom stereocenters. The van der Waals surface area contributed by atoms with E-state index in [0.29, 0.717) is 19.3 Å². The van der Waals surface area contributed by atoms with E-state index in [1.165, 1.54) is 77.0 Å². The Morgan fingerprint density at radius 2 is 1.10 bits per heavy atom. The third kappa shape index (κ3) is 31.2. The highest BCUT2D eigenvalue weighted by molar-refractivity contribution is 7.85. The van der Waals surface area contributed by atoms with Gasteiger partial charge in [0.15, 0.2) is 12.4 Å². The maximum atomic E-state index is 12.8. The lowest BCUT2D eigenvalue weighted by Crippen LogP contribution is -2.60. The SMILES string of the molecule is C=CCCCCCCCCCCCCCCCC(=O)OC[C@H](CO[C@H]1O[C@H](CS(=O)(=O)O)[C@@H](O)C(O)C1O)OC(=O)CCC/C=C/C/C=C/C/C=C/C/C=C/CCCCC. The molecule has 1 aliphatic heterocycles. The summed E-state index contributed by atoms with van der Waals surface area (Å²) in [7, 11) is -4.61. The molecule has 0 aromatic rings. The van der Waals surface area contributed by atoms with Crippen molar-refractivity contribution < 1.29 is 56.8 Å². The van der Waals surface area contributed by atoms with Crippen molar-refractivity contribution in [2.45, 2.75) is 204 Å². The van der Waals surface area contributed by atoms with E-state index in [9.17, 15) is 37.9 Å². The van der Waals surface area contributed by atoms with Crippen LogP contribution < -0.4 is 0 Å². The lowest BCUT2D eigenvalue weighted by Gasteiger charge is -2.40. The predicted molar refractivity (Wildman–Crippen MR) is 238 cm³/mol. The first-order valence-electron chi connectivity index (χ1n) is 22.8. The van der Waals surface area contributed by atoms with Gasteiger partial charge in [0.2, 0.25) is 0 Å². The highest BCUT2D eigenvalue weighted by Gasteiger charge is 2.46. The Balaban J connectivity index is 2.48. The van der Waals surface area contributed by atoms with Gasteiger partial charge in [-0.25, -0.2) is 0 Å². The van der Waals surface area contributed by atoms with Gasteiger partial charge in [0.05, 0.1) is 6.61 Å². The van der Waals surface area contributed by atoms with E-state index in [1.54, 1.807) is 0 Å². The lowest BCUT2D eigenvalue weighted by atomic mass is 10.00. The molecule has 1 saturated heterocycles. The highest BCUT2D eigenvalue weighted by Crippen LogP contribution is 2.24. The molecule has 0 spiro atoms. The maximum absolute atomic E-state index is 12.8. The van der Waals surface area contributed by atoms with Crippen LogP contribution in [0.15, 0.2) is 61.3 Å². The van der Waals surface area contributed by atoms with Crippen LogP contribution in [-0.4, -0.2) is 96.0 Å². The monoisotopic (exact) mass is 869 g/mol. The van der Waals surface area contributed by atoms with Gasteiger partial charge in [-0.15, -0.1) is 6.58 Å². The molecule has 1 rings (SSSR count). The summed E-state index contributed by atoms with van der Waals surface area (Å²) in [5.74, 6) is -2.06. The topological polar surface area (TPSA) is 186 Å². The first-order valence-corrected chi connectivity index (χ1v) is 24.4. The molecule has 2 unspecified atom stereocenters. The van der Waals surface area contributed by atoms with Crippen LogP contribution in [0.25, 0.3) is 0 Å². The number of esters is 2. The molecule has 60 heavy (non-hydrogen) atoms. The number of rotatable bonds is 38. The van der Waals surface area contributed by atoms with Crippen molar-refractivity contribution in [2.24, 2.45) is 0 Å². The number of hydrogen-bond acceptors (Lipinski definition) is 11. The summed E-state index contributed by atoms with van der Waals surface area (Å²) in [4.78, 5) is 25.4. The molecule has 0 aromatic carbocycles. The van der Waals surface area contributed by atoms with Crippen molar-refractivity contribution in [1.29, 1.82) is 0 Å². The number of hydrogen-bond donors (Lipinski definition) is 4. The van der Waals surface area contributed by atoms with Gasteiger partial charge in [-0.3, -0.25) is 14.1 Å². The first-order chi connectivity index (χ1) is 29.0. The van der Waals surface area contributed by atoms with Crippen molar-refractivity contribution in [3.63, 3.8) is 0 Å². The minimum atomic E-state index is -4.61. The number of allylic oxidation sites excluding steroid dienone is 9. The summed E-state index contributed by atoms with van der Waals surface area (Å²) >= 11 is 0. The number of carbonyl (C=O) groups is 2. The molecule has 12 nitrogen and oxygen atoms in total. The zero-order valence-corrected chi connectivity index (χ0v) is 37.4. The van der Waals surface area contributed by atoms with E-state index in [1.807, 2.05) is 18.2 Å². The molecule has 346 valence electrons. The minimum Gasteiger partial charge on any atom is -0.462 e. The Morgan fingerprint density at radius 1 is 0.617 bits per heavy atom. The van der Waals surface area contributed by atoms with Gasteiger partial charge in [-0.05, 0) is 64.2 Å². The van der Waals surface area contributed by atoms with E-state index in [-0.39, 0.29) is 19.4 Å². The number of carbonyl (C=O) groups excluding carboxylic acids is 2. The Hall–Kier alpha value is -2.65. The average Bonchev–Trinajstić information content (AvgIpc) is 3.21. The summed E-state index contributed by atoms with van der Waals surface area (Å²) in [6, 6.07) is 0. The Labute approximate surface area is 362 Å². The van der Waals surface area contributed by atoms with Gasteiger partial charge in [0.1, 0.15) is 36.8 Å². The number of aliphatic hydroxyl groups is 3. The van der Waals surface area contributed by atoms with Gasteiger partial charge in [-0.1, -0.05) is 145 Å². The van der Waals surface area contributed by atoms with Crippen LogP contribution in [0.4, 0.5) is 0 Å². The summed E-state index contributed by atoms with van der Waals surface area (Å²) in [6.07, 6.45) is 34.5. The molecule has 0 amide bonds. The van der Waals surface area contributed by atoms with Crippen molar-refractivity contribution in [2.75, 3.05) is 19.0 Å². The van der Waals surface area contributed by atoms with Crippen LogP contribution in [0, 0.1) is 0 Å². The zero-order chi connectivity index (χ0) is 44.1. The van der Waals surface area contributed by atoms with Crippen LogP contribution >= 0.6 is 0 Å². The van der Waals surface area contributed by atoms with Crippen molar-refractivity contribution in [3.8, 4) is 0 Å². The number of unbranched alkanes of at least 4 members (excludes halogenated alkanes) is 17. The lowest BCUT2D eigenvalue weighted by molar-refractivity contribution is -0.297. The van der Waals surface area contributed by atoms with Gasteiger partial charge in [-0.2, -0.15) is 8.42 Å². The van der Waals surface area contributed by atoms with E-state index >= 15 is 0 Å². The molecular weight excluding hydrogens is 789 g/mol. The second-order valence-corrected chi connectivity index (χ2v) is 17.3. The van der Waals surface area contributed by atoms with E-state index in [2.05, 4.69) is 50.0 Å². The molecule has 0 bridgehead atoms. The second kappa shape index (κ2) is 37.0. The average molecular weight is 869 g/mol. The van der Waals surface area contributed by atoms with Crippen molar-refractivity contribution in [3.05, 3.63) is 61.3 Å². The quantitative estimate of drug-likeness (QED) is 0.0200. The Kier molecular flexibility index (Phi) is 34.1. The van der Waals surface area contributed by atoms with E-state index in [4.69, 9.17) is 18.9 Å². The Morgan fingerprint density at radius 3 is 1.63 bits per heavy atom. The van der Waals surface area contributed by atoms with Gasteiger partial charge in [0, 0.05) is 12.8 Å². The molecule has 1 aliphatic rings. The summed E-state index contributed by atoms with van der Waals surface area (Å²) < 4.78 is 54.0. The largest absolute Gasteiger partial charge is 0.462 e. The van der Waals surface area contributed by atoms with Crippen LogP contribution in [0.1, 0.15) is 167 Å². The molecule has 1 fully saturated rings. The molecule has 0 aromatic heterocycles. The third-order valence-electron chi connectivity index (χ3n) is 10.2. The minimum absolute atomic E-state index is 0.0861. The Bertz CT molecular complexity index is 1330. The fraction of sp³-hybridized carbons (Fsp3) is 0.745. The smallest absolute Gasteiger partial charge is 0.306 e. The summed E-state index contributed by atoms with van der Waals surface area (Å²) in [5, 5.41) is 30.9. The van der Waals surface area contributed by atoms with Crippen LogP contribution in [0.3, 0.4) is 0 Å². The molecule has 13 heteroatoms. The second-order valence-electron chi connectivity index (χ2n) is 15.8. The maximum Gasteiger partial charge on any atom is 0.306 e. The number of ether oxygens (including phenoxy) is 4. The summed E-state index contributed by atoms with van der Waals surface area (Å²) in [5.41, 5.74) is 0. The molecule has 1 heterocycles. The molecule has 0 aliphatic carbocycles. The van der Waals surface area contributed by atoms with Gasteiger partial charge >= 0.3 is 11.9 Å². The molecule has 0 radical (unpaired) electrons. The third-order valence-corrected chi connectivity index (χ3v) is 11.0. The first kappa shape index (κ1) is 55.4. The predicted octanol–water partition coefficient (Wildman–Crippen LogP) is 9.34. The van der Waals surface area contributed by atoms with Gasteiger partial charge in [0.25, 0.3) is 10.1 Å². The number of aliphatic hydroxyl groups excluding tert-OH is 3. The highest BCUT2D eigenvalue weighted by atomic mass is 32.2. The van der Waals surface area contributed by atoms with Gasteiger partial charge < -0.3 is 34.3 Å². The van der Waals surface area contributed by atoms with Crippen LogP contribution in [-0.2, 0) is 38.7 Å². The fourth-order valence-electron chi connectivity index (χ4n) is 6.65. The van der Waals surface area contributed by atoms with E-state index in [0.717, 1.165) is 51.4 Å². The van der Waals surface area contributed by atoms with Crippen molar-refractivity contribution in [1.82, 2.24) is 0 Å². The molecular formula is C47H80O12S. The zero-order valence-electron chi connectivity index (χ0n) is 36.6. The normalized spacial score (nSPS) is 20.4. The van der Waals surface area contributed by atoms with Crippen LogP contribution in [0.2, 0.25) is 0 Å². The molecule has 0 saturated carbocycles. The van der Waals surface area contributed by atoms with Crippen molar-refractivity contribution >= 4 is 22.1 Å². The standard InChI is InChI=1S/C47H80O12S/c1-3-5-7-9-11-13-15-17-19-20-22-24-26-28-30-32-34-36-43(49)58-40(38-57-47-46(52)45(51)44(50)41(59-47)39-60(53,54)55)37-56-42(48)35-33-31-29-27-25-23-21-18-16-14-12-10-8-6-4-2/h4,11,13,17,19,22,24,28,30,40-41,44-47,50-52H,2-3,5-10,12,14-16,18,20-21,23,25-27,29,31-39H2,1H3,(H,53,54,55)/b13-11+,19-17+,24-22+,30-28+/t40-,41-,44-,45?,46?,47+/m1/s1. The summed E-state index contributed by atoms with van der Waals surface area (Å²) in [6.45, 7) is 5.21. The van der Waals surface area contributed by atoms with Crippen LogP contribution in [0.5, 0.6) is 0 Å². The molecule has 4 N–H and O–H groups in total.